The summed E-state index contributed by atoms with van der Waals surface area (Å²) in [7, 11) is 2.46. The summed E-state index contributed by atoms with van der Waals surface area (Å²) in [6.45, 7) is -0.129. The average molecular weight is 576 g/mol. The van der Waals surface area contributed by atoms with Crippen molar-refractivity contribution in [3.8, 4) is 46.0 Å². The third-order valence-electron chi connectivity index (χ3n) is 5.77. The number of methoxy groups -OCH3 is 2. The third kappa shape index (κ3) is 5.23. The number of hydrogen-bond acceptors (Lipinski definition) is 15. The number of hydrogen-bond donors (Lipinski definition) is 1. The number of aromatic nitrogens is 4. The van der Waals surface area contributed by atoms with Crippen LogP contribution >= 0.6 is 0 Å². The quantitative estimate of drug-likeness (QED) is 0.157. The fourth-order valence-corrected chi connectivity index (χ4v) is 3.84. The number of fused-ring (bicyclic) bond motifs is 2. The number of carbonyl (C=O) groups excluding carboxylic acids is 2. The van der Waals surface area contributed by atoms with E-state index in [-0.39, 0.29) is 71.1 Å². The van der Waals surface area contributed by atoms with E-state index in [2.05, 4.69) is 29.4 Å². The second kappa shape index (κ2) is 11.6. The van der Waals surface area contributed by atoms with Crippen LogP contribution in [0.4, 0.5) is 11.4 Å². The Balaban J connectivity index is 0.000000169. The Morgan fingerprint density at radius 2 is 1.24 bits per heavy atom. The molecule has 0 amide bonds. The predicted octanol–water partition coefficient (Wildman–Crippen LogP) is 2.81. The molecule has 2 aliphatic rings. The van der Waals surface area contributed by atoms with Crippen LogP contribution in [0.2, 0.25) is 0 Å². The van der Waals surface area contributed by atoms with Gasteiger partial charge in [-0.3, -0.25) is 10.1 Å². The molecule has 2 aromatic carbocycles. The number of nitrogens with two attached hydrogens (primary N) is 1. The van der Waals surface area contributed by atoms with Crippen molar-refractivity contribution < 1.29 is 42.9 Å². The molecule has 2 N–H and O–H groups in total. The summed E-state index contributed by atoms with van der Waals surface area (Å²) < 4.78 is 30.0. The summed E-state index contributed by atoms with van der Waals surface area (Å²) in [6.07, 6.45) is 0. The largest absolute Gasteiger partial charge is 0.464 e. The van der Waals surface area contributed by atoms with E-state index >= 15 is 0 Å². The molecule has 2 aliphatic heterocycles. The predicted molar refractivity (Wildman–Crippen MR) is 141 cm³/mol. The molecule has 0 bridgehead atoms. The fourth-order valence-electron chi connectivity index (χ4n) is 3.84. The molecule has 16 heteroatoms. The number of nitrogens with zero attached hydrogens (tertiary/aromatic N) is 5. The SMILES string of the molecule is COC(=O)c1nc(-c2ccccc2N)nc2c1OCO2.COC(=O)c1nc(-c2ccccc2[N+](=O)[O-])nc2c1OCO2. The summed E-state index contributed by atoms with van der Waals surface area (Å²) in [6, 6.07) is 13.0. The zero-order chi connectivity index (χ0) is 29.8. The van der Waals surface area contributed by atoms with Crippen LogP contribution < -0.4 is 24.7 Å². The molecule has 0 unspecified atom stereocenters. The van der Waals surface area contributed by atoms with Crippen LogP contribution in [-0.4, -0.2) is 64.6 Å². The number of nitrogen functional groups attached to an aromatic ring is 1. The number of nitro benzene ring substituents is 1. The average Bonchev–Trinajstić information content (AvgIpc) is 3.69. The molecule has 0 radical (unpaired) electrons. The van der Waals surface area contributed by atoms with Gasteiger partial charge in [-0.05, 0) is 18.2 Å². The van der Waals surface area contributed by atoms with Crippen LogP contribution in [-0.2, 0) is 9.47 Å². The number of carbonyl (C=O) groups is 2. The van der Waals surface area contributed by atoms with Crippen molar-refractivity contribution in [2.24, 2.45) is 0 Å². The van der Waals surface area contributed by atoms with Crippen LogP contribution in [0.25, 0.3) is 22.8 Å². The first kappa shape index (κ1) is 27.5. The summed E-state index contributed by atoms with van der Waals surface area (Å²) in [4.78, 5) is 50.6. The maximum Gasteiger partial charge on any atom is 0.360 e. The number of anilines is 1. The van der Waals surface area contributed by atoms with E-state index in [4.69, 9.17) is 24.7 Å². The third-order valence-corrected chi connectivity index (χ3v) is 5.77. The van der Waals surface area contributed by atoms with E-state index in [0.717, 1.165) is 0 Å². The monoisotopic (exact) mass is 576 g/mol. The van der Waals surface area contributed by atoms with E-state index in [0.29, 0.717) is 11.3 Å². The molecule has 0 saturated heterocycles. The van der Waals surface area contributed by atoms with E-state index < -0.39 is 16.9 Å². The standard InChI is InChI=1S/C13H9N3O6.C13H11N3O4/c1-20-13(17)9-10-12(22-6-21-10)15-11(14-9)7-4-2-3-5-8(7)16(18)19;1-18-13(17)9-10-12(20-6-19-10)16-11(15-9)7-4-2-3-5-8(7)14/h2-5H,6H2,1H3;2-5H,6,14H2,1H3. The Morgan fingerprint density at radius 3 is 1.74 bits per heavy atom. The van der Waals surface area contributed by atoms with Crippen LogP contribution in [0.1, 0.15) is 21.0 Å². The molecule has 0 atom stereocenters. The van der Waals surface area contributed by atoms with Crippen LogP contribution in [0.5, 0.6) is 23.3 Å². The molecule has 4 heterocycles. The van der Waals surface area contributed by atoms with Crippen LogP contribution in [0.15, 0.2) is 48.5 Å². The molecule has 2 aromatic heterocycles. The summed E-state index contributed by atoms with van der Waals surface area (Å²) in [5.41, 5.74) is 6.86. The van der Waals surface area contributed by atoms with Gasteiger partial charge in [0.2, 0.25) is 25.1 Å². The minimum Gasteiger partial charge on any atom is -0.464 e. The Bertz CT molecular complexity index is 1710. The van der Waals surface area contributed by atoms with Crippen molar-refractivity contribution in [1.82, 2.24) is 19.9 Å². The second-order valence-corrected chi connectivity index (χ2v) is 8.22. The van der Waals surface area contributed by atoms with Gasteiger partial charge in [0, 0.05) is 17.3 Å². The molecule has 214 valence electrons. The molecule has 42 heavy (non-hydrogen) atoms. The first-order valence-corrected chi connectivity index (χ1v) is 11.9. The van der Waals surface area contributed by atoms with Gasteiger partial charge in [0.1, 0.15) is 0 Å². The van der Waals surface area contributed by atoms with Gasteiger partial charge in [0.25, 0.3) is 17.4 Å². The summed E-state index contributed by atoms with van der Waals surface area (Å²) in [5, 5.41) is 11.1. The second-order valence-electron chi connectivity index (χ2n) is 8.22. The number of ether oxygens (including phenoxy) is 6. The van der Waals surface area contributed by atoms with E-state index in [1.165, 1.54) is 32.4 Å². The van der Waals surface area contributed by atoms with Crippen LogP contribution in [0.3, 0.4) is 0 Å². The number of rotatable bonds is 5. The van der Waals surface area contributed by atoms with E-state index in [9.17, 15) is 19.7 Å². The van der Waals surface area contributed by atoms with Crippen molar-refractivity contribution >= 4 is 23.3 Å². The maximum atomic E-state index is 11.8. The minimum atomic E-state index is -0.746. The first-order valence-electron chi connectivity index (χ1n) is 11.9. The van der Waals surface area contributed by atoms with Gasteiger partial charge in [-0.15, -0.1) is 0 Å². The summed E-state index contributed by atoms with van der Waals surface area (Å²) in [5.74, 6) is -0.593. The Labute approximate surface area is 236 Å². The highest BCUT2D eigenvalue weighted by atomic mass is 16.7. The lowest BCUT2D eigenvalue weighted by Gasteiger charge is -2.07. The fraction of sp³-hybridized carbons (Fsp3) is 0.154. The van der Waals surface area contributed by atoms with Gasteiger partial charge < -0.3 is 34.2 Å². The Morgan fingerprint density at radius 1 is 0.762 bits per heavy atom. The molecular weight excluding hydrogens is 556 g/mol. The van der Waals surface area contributed by atoms with Crippen molar-refractivity contribution in [1.29, 1.82) is 0 Å². The van der Waals surface area contributed by atoms with Crippen molar-refractivity contribution in [3.05, 3.63) is 70.0 Å². The van der Waals surface area contributed by atoms with Gasteiger partial charge in [0.05, 0.1) is 24.7 Å². The lowest BCUT2D eigenvalue weighted by molar-refractivity contribution is -0.384. The molecule has 16 nitrogen and oxygen atoms in total. The van der Waals surface area contributed by atoms with E-state index in [1.807, 2.05) is 0 Å². The number of benzene rings is 2. The smallest absolute Gasteiger partial charge is 0.360 e. The highest BCUT2D eigenvalue weighted by Crippen LogP contribution is 2.38. The first-order chi connectivity index (χ1) is 20.3. The lowest BCUT2D eigenvalue weighted by atomic mass is 10.1. The van der Waals surface area contributed by atoms with Crippen molar-refractivity contribution in [3.63, 3.8) is 0 Å². The lowest BCUT2D eigenvalue weighted by Crippen LogP contribution is -2.08. The molecule has 6 rings (SSSR count). The molecule has 4 aromatic rings. The molecule has 0 saturated carbocycles. The molecule has 0 aliphatic carbocycles. The molecular formula is C26H20N6O10. The zero-order valence-corrected chi connectivity index (χ0v) is 21.9. The van der Waals surface area contributed by atoms with Gasteiger partial charge in [-0.1, -0.05) is 24.3 Å². The molecule has 0 fully saturated rings. The van der Waals surface area contributed by atoms with Gasteiger partial charge in [-0.2, -0.15) is 9.97 Å². The zero-order valence-electron chi connectivity index (χ0n) is 21.9. The minimum absolute atomic E-state index is 0.0122. The van der Waals surface area contributed by atoms with Crippen LogP contribution in [0, 0.1) is 10.1 Å². The number of nitro groups is 1. The van der Waals surface area contributed by atoms with Gasteiger partial charge in [-0.25, -0.2) is 19.6 Å². The summed E-state index contributed by atoms with van der Waals surface area (Å²) >= 11 is 0. The Hall–Kier alpha value is -6.06. The topological polar surface area (TPSA) is 210 Å². The van der Waals surface area contributed by atoms with Gasteiger partial charge >= 0.3 is 11.9 Å². The normalized spacial score (nSPS) is 12.1. The Kier molecular flexibility index (Phi) is 7.59. The number of para-hydroxylation sites is 2. The number of esters is 2. The highest BCUT2D eigenvalue weighted by Gasteiger charge is 2.30. The van der Waals surface area contributed by atoms with Gasteiger partial charge in [0.15, 0.2) is 23.0 Å². The van der Waals surface area contributed by atoms with Crippen molar-refractivity contribution in [2.45, 2.75) is 0 Å². The van der Waals surface area contributed by atoms with E-state index in [1.54, 1.807) is 30.3 Å². The molecule has 0 spiro atoms. The maximum absolute atomic E-state index is 11.8. The highest BCUT2D eigenvalue weighted by molar-refractivity contribution is 5.92. The van der Waals surface area contributed by atoms with Crippen molar-refractivity contribution in [2.75, 3.05) is 33.5 Å².